The second-order valence-electron chi connectivity index (χ2n) is 6.44. The van der Waals surface area contributed by atoms with E-state index < -0.39 is 0 Å². The number of aryl methyl sites for hydroxylation is 1. The Morgan fingerprint density at radius 3 is 2.71 bits per heavy atom. The molecule has 1 N–H and O–H groups in total. The van der Waals surface area contributed by atoms with Crippen molar-refractivity contribution in [3.8, 4) is 0 Å². The normalized spacial score (nSPS) is 22.0. The summed E-state index contributed by atoms with van der Waals surface area (Å²) in [4.78, 5) is 26.8. The first-order valence-electron chi connectivity index (χ1n) is 8.45. The Morgan fingerprint density at radius 1 is 1.29 bits per heavy atom. The molecule has 24 heavy (non-hydrogen) atoms. The fraction of sp³-hybridized carbons (Fsp3) is 0.500. The van der Waals surface area contributed by atoms with Crippen molar-refractivity contribution in [3.05, 3.63) is 29.8 Å². The monoisotopic (exact) mass is 362 g/mol. The maximum absolute atomic E-state index is 12.7. The zero-order chi connectivity index (χ0) is 17.1. The van der Waals surface area contributed by atoms with Gasteiger partial charge in [0, 0.05) is 18.2 Å². The molecule has 4 nitrogen and oxygen atoms in total. The standard InChI is InChI=1S/C18H22N2O2S2/c1-12-7-5-6-10-14(12)19-16(21)11-15-17(22)20(18(23)24-15)13-8-3-2-4-9-13/h5-7,10,13,15H,2-4,8-9,11H2,1H3,(H,19,21). The smallest absolute Gasteiger partial charge is 0.242 e. The molecule has 1 aromatic carbocycles. The van der Waals surface area contributed by atoms with Gasteiger partial charge in [-0.1, -0.05) is 61.4 Å². The van der Waals surface area contributed by atoms with Crippen LogP contribution in [-0.4, -0.2) is 32.3 Å². The maximum atomic E-state index is 12.7. The molecule has 0 spiro atoms. The number of rotatable bonds is 4. The van der Waals surface area contributed by atoms with Crippen molar-refractivity contribution in [2.24, 2.45) is 0 Å². The van der Waals surface area contributed by atoms with Gasteiger partial charge in [-0.05, 0) is 31.4 Å². The van der Waals surface area contributed by atoms with Gasteiger partial charge in [0.05, 0.1) is 5.25 Å². The van der Waals surface area contributed by atoms with Gasteiger partial charge in [-0.3, -0.25) is 14.5 Å². The molecule has 2 fully saturated rings. The van der Waals surface area contributed by atoms with Gasteiger partial charge in [0.25, 0.3) is 0 Å². The molecule has 1 aromatic rings. The Bertz CT molecular complexity index is 656. The fourth-order valence-electron chi connectivity index (χ4n) is 3.35. The number of benzene rings is 1. The molecule has 6 heteroatoms. The van der Waals surface area contributed by atoms with E-state index in [0.717, 1.165) is 36.9 Å². The van der Waals surface area contributed by atoms with Crippen LogP contribution in [0.25, 0.3) is 0 Å². The first kappa shape index (κ1) is 17.4. The minimum absolute atomic E-state index is 0.0110. The largest absolute Gasteiger partial charge is 0.326 e. The first-order chi connectivity index (χ1) is 11.6. The third-order valence-electron chi connectivity index (χ3n) is 4.68. The van der Waals surface area contributed by atoms with Crippen LogP contribution in [0.15, 0.2) is 24.3 Å². The number of carbonyl (C=O) groups is 2. The second-order valence-corrected chi connectivity index (χ2v) is 8.28. The summed E-state index contributed by atoms with van der Waals surface area (Å²) in [6.45, 7) is 1.95. The lowest BCUT2D eigenvalue weighted by molar-refractivity contribution is -0.129. The van der Waals surface area contributed by atoms with E-state index in [1.807, 2.05) is 31.2 Å². The number of thiocarbonyl (C=S) groups is 1. The number of thioether (sulfide) groups is 1. The van der Waals surface area contributed by atoms with Crippen LogP contribution in [0.2, 0.25) is 0 Å². The van der Waals surface area contributed by atoms with Crippen LogP contribution in [0.5, 0.6) is 0 Å². The van der Waals surface area contributed by atoms with Gasteiger partial charge in [0.1, 0.15) is 4.32 Å². The highest BCUT2D eigenvalue weighted by Crippen LogP contribution is 2.35. The Balaban J connectivity index is 1.61. The average Bonchev–Trinajstić information content (AvgIpc) is 2.84. The zero-order valence-electron chi connectivity index (χ0n) is 13.8. The summed E-state index contributed by atoms with van der Waals surface area (Å²) in [6, 6.07) is 7.87. The molecule has 2 aliphatic rings. The molecule has 1 saturated heterocycles. The minimum atomic E-state index is -0.386. The van der Waals surface area contributed by atoms with E-state index in [2.05, 4.69) is 5.32 Å². The van der Waals surface area contributed by atoms with E-state index >= 15 is 0 Å². The van der Waals surface area contributed by atoms with Crippen LogP contribution >= 0.6 is 24.0 Å². The van der Waals surface area contributed by atoms with Gasteiger partial charge in [-0.25, -0.2) is 0 Å². The number of nitrogens with one attached hydrogen (secondary N) is 1. The SMILES string of the molecule is Cc1ccccc1NC(=O)CC1SC(=S)N(C2CCCCC2)C1=O. The van der Waals surface area contributed by atoms with E-state index in [4.69, 9.17) is 12.2 Å². The van der Waals surface area contributed by atoms with Gasteiger partial charge in [0.2, 0.25) is 11.8 Å². The predicted octanol–water partition coefficient (Wildman–Crippen LogP) is 3.89. The lowest BCUT2D eigenvalue weighted by Gasteiger charge is -2.30. The van der Waals surface area contributed by atoms with Crippen molar-refractivity contribution >= 4 is 45.8 Å². The van der Waals surface area contributed by atoms with Gasteiger partial charge >= 0.3 is 0 Å². The molecule has 0 aromatic heterocycles. The number of anilines is 1. The van der Waals surface area contributed by atoms with Crippen LogP contribution in [0, 0.1) is 6.92 Å². The third kappa shape index (κ3) is 3.81. The molecule has 1 aliphatic carbocycles. The van der Waals surface area contributed by atoms with Crippen molar-refractivity contribution in [1.82, 2.24) is 4.90 Å². The number of para-hydroxylation sites is 1. The third-order valence-corrected chi connectivity index (χ3v) is 6.22. The highest BCUT2D eigenvalue weighted by atomic mass is 32.2. The summed E-state index contributed by atoms with van der Waals surface area (Å²) < 4.78 is 0.639. The molecule has 1 aliphatic heterocycles. The second kappa shape index (κ2) is 7.66. The summed E-state index contributed by atoms with van der Waals surface area (Å²) >= 11 is 6.78. The van der Waals surface area contributed by atoms with E-state index in [9.17, 15) is 9.59 Å². The van der Waals surface area contributed by atoms with Crippen molar-refractivity contribution < 1.29 is 9.59 Å². The van der Waals surface area contributed by atoms with Gasteiger partial charge in [-0.15, -0.1) is 0 Å². The number of hydrogen-bond donors (Lipinski definition) is 1. The number of nitrogens with zero attached hydrogens (tertiary/aromatic N) is 1. The van der Waals surface area contributed by atoms with Crippen LogP contribution < -0.4 is 5.32 Å². The van der Waals surface area contributed by atoms with E-state index in [1.165, 1.54) is 18.2 Å². The highest BCUT2D eigenvalue weighted by Gasteiger charge is 2.41. The van der Waals surface area contributed by atoms with Gasteiger partial charge < -0.3 is 5.32 Å². The molecule has 128 valence electrons. The van der Waals surface area contributed by atoms with Crippen molar-refractivity contribution in [2.45, 2.75) is 56.7 Å². The summed E-state index contributed by atoms with van der Waals surface area (Å²) in [6.07, 6.45) is 5.76. The highest BCUT2D eigenvalue weighted by molar-refractivity contribution is 8.24. The van der Waals surface area contributed by atoms with Gasteiger partial charge in [0.15, 0.2) is 0 Å². The summed E-state index contributed by atoms with van der Waals surface area (Å²) in [5.74, 6) is -0.125. The molecule has 2 amide bonds. The molecule has 3 rings (SSSR count). The van der Waals surface area contributed by atoms with Crippen LogP contribution in [-0.2, 0) is 9.59 Å². The Kier molecular flexibility index (Phi) is 5.56. The average molecular weight is 363 g/mol. The molecule has 1 heterocycles. The van der Waals surface area contributed by atoms with Crippen LogP contribution in [0.4, 0.5) is 5.69 Å². The van der Waals surface area contributed by atoms with Crippen LogP contribution in [0.1, 0.15) is 44.1 Å². The van der Waals surface area contributed by atoms with Crippen LogP contribution in [0.3, 0.4) is 0 Å². The minimum Gasteiger partial charge on any atom is -0.326 e. The summed E-state index contributed by atoms with van der Waals surface area (Å²) in [5.41, 5.74) is 1.81. The Labute approximate surface area is 152 Å². The summed E-state index contributed by atoms with van der Waals surface area (Å²) in [5, 5.41) is 2.51. The number of carbonyl (C=O) groups excluding carboxylic acids is 2. The van der Waals surface area contributed by atoms with Crippen molar-refractivity contribution in [2.75, 3.05) is 5.32 Å². The molecule has 1 unspecified atom stereocenters. The Hall–Kier alpha value is -1.40. The van der Waals surface area contributed by atoms with Crippen molar-refractivity contribution in [3.63, 3.8) is 0 Å². The topological polar surface area (TPSA) is 49.4 Å². The van der Waals surface area contributed by atoms with E-state index in [1.54, 1.807) is 4.90 Å². The fourth-order valence-corrected chi connectivity index (χ4v) is 4.99. The van der Waals surface area contributed by atoms with Gasteiger partial charge in [-0.2, -0.15) is 0 Å². The lowest BCUT2D eigenvalue weighted by Crippen LogP contribution is -2.42. The number of amides is 2. The van der Waals surface area contributed by atoms with E-state index in [0.29, 0.717) is 4.32 Å². The summed E-state index contributed by atoms with van der Waals surface area (Å²) in [7, 11) is 0. The molecule has 0 bridgehead atoms. The van der Waals surface area contributed by atoms with Crippen molar-refractivity contribution in [1.29, 1.82) is 0 Å². The molecular formula is C18H22N2O2S2. The molecule has 1 saturated carbocycles. The molecular weight excluding hydrogens is 340 g/mol. The first-order valence-corrected chi connectivity index (χ1v) is 9.74. The quantitative estimate of drug-likeness (QED) is 0.826. The molecule has 1 atom stereocenters. The Morgan fingerprint density at radius 2 is 2.00 bits per heavy atom. The van der Waals surface area contributed by atoms with E-state index in [-0.39, 0.29) is 29.5 Å². The predicted molar refractivity (Wildman–Crippen MR) is 102 cm³/mol. The lowest BCUT2D eigenvalue weighted by atomic mass is 9.94. The number of hydrogen-bond acceptors (Lipinski definition) is 4. The zero-order valence-corrected chi connectivity index (χ0v) is 15.4. The maximum Gasteiger partial charge on any atom is 0.242 e. The molecule has 0 radical (unpaired) electrons.